The lowest BCUT2D eigenvalue weighted by molar-refractivity contribution is 0.509. The first-order valence-electron chi connectivity index (χ1n) is 4.85. The molecule has 0 spiro atoms. The van der Waals surface area contributed by atoms with Crippen LogP contribution in [0.25, 0.3) is 21.5 Å². The summed E-state index contributed by atoms with van der Waals surface area (Å²) in [7, 11) is 0. The number of halogens is 2. The van der Waals surface area contributed by atoms with E-state index in [1.165, 1.54) is 6.07 Å². The molecule has 0 N–H and O–H groups in total. The summed E-state index contributed by atoms with van der Waals surface area (Å²) < 4.78 is 26.0. The van der Waals surface area contributed by atoms with Crippen LogP contribution in [0.15, 0.2) is 36.4 Å². The zero-order valence-electron chi connectivity index (χ0n) is 8.22. The van der Waals surface area contributed by atoms with E-state index < -0.39 is 11.6 Å². The molecule has 3 aromatic rings. The van der Waals surface area contributed by atoms with Crippen molar-refractivity contribution in [3.05, 3.63) is 60.2 Å². The topological polar surface area (TPSA) is 0 Å². The van der Waals surface area contributed by atoms with E-state index in [0.717, 1.165) is 10.8 Å². The molecule has 2 heteroatoms. The van der Waals surface area contributed by atoms with Crippen LogP contribution in [-0.2, 0) is 0 Å². The predicted molar refractivity (Wildman–Crippen MR) is 59.0 cm³/mol. The SMILES string of the molecule is Fc1[c]c2cc3cc[c]cc3cc2cc1F. The maximum Gasteiger partial charge on any atom is 0.167 e. The third kappa shape index (κ3) is 1.34. The van der Waals surface area contributed by atoms with Crippen LogP contribution in [-0.4, -0.2) is 0 Å². The van der Waals surface area contributed by atoms with Crippen LogP contribution in [0.4, 0.5) is 8.78 Å². The van der Waals surface area contributed by atoms with Crippen LogP contribution in [0.5, 0.6) is 0 Å². The van der Waals surface area contributed by atoms with Gasteiger partial charge in [0.1, 0.15) is 0 Å². The number of fused-ring (bicyclic) bond motifs is 2. The molecule has 0 aliphatic heterocycles. The molecular weight excluding hydrogens is 206 g/mol. The summed E-state index contributed by atoms with van der Waals surface area (Å²) in [5, 5.41) is 3.14. The van der Waals surface area contributed by atoms with Crippen molar-refractivity contribution in [1.82, 2.24) is 0 Å². The normalized spacial score (nSPS) is 11.1. The van der Waals surface area contributed by atoms with Crippen LogP contribution in [0.3, 0.4) is 0 Å². The molecule has 0 amide bonds. The fourth-order valence-electron chi connectivity index (χ4n) is 1.80. The van der Waals surface area contributed by atoms with Gasteiger partial charge < -0.3 is 0 Å². The minimum Gasteiger partial charge on any atom is -0.204 e. The lowest BCUT2D eigenvalue weighted by Crippen LogP contribution is -1.85. The molecule has 16 heavy (non-hydrogen) atoms. The summed E-state index contributed by atoms with van der Waals surface area (Å²) in [6.45, 7) is 0. The Kier molecular flexibility index (Phi) is 1.90. The predicted octanol–water partition coefficient (Wildman–Crippen LogP) is 3.87. The van der Waals surface area contributed by atoms with Crippen molar-refractivity contribution in [2.75, 3.05) is 0 Å². The zero-order valence-corrected chi connectivity index (χ0v) is 8.22. The maximum atomic E-state index is 13.0. The first-order chi connectivity index (χ1) is 7.74. The summed E-state index contributed by atoms with van der Waals surface area (Å²) in [6, 6.07) is 15.6. The molecular formula is C14H6F2. The Labute approximate surface area is 91.1 Å². The van der Waals surface area contributed by atoms with E-state index in [0.29, 0.717) is 10.8 Å². The van der Waals surface area contributed by atoms with Crippen LogP contribution in [0, 0.1) is 23.8 Å². The van der Waals surface area contributed by atoms with Crippen LogP contribution in [0.2, 0.25) is 0 Å². The Morgan fingerprint density at radius 1 is 0.938 bits per heavy atom. The van der Waals surface area contributed by atoms with Crippen molar-refractivity contribution >= 4 is 21.5 Å². The quantitative estimate of drug-likeness (QED) is 0.496. The second-order valence-electron chi connectivity index (χ2n) is 3.64. The van der Waals surface area contributed by atoms with Gasteiger partial charge >= 0.3 is 0 Å². The number of hydrogen-bond acceptors (Lipinski definition) is 0. The smallest absolute Gasteiger partial charge is 0.167 e. The number of rotatable bonds is 0. The molecule has 76 valence electrons. The summed E-state index contributed by atoms with van der Waals surface area (Å²) in [5.74, 6) is -1.80. The van der Waals surface area contributed by atoms with E-state index in [4.69, 9.17) is 0 Å². The molecule has 0 saturated carbocycles. The van der Waals surface area contributed by atoms with Crippen molar-refractivity contribution < 1.29 is 8.78 Å². The van der Waals surface area contributed by atoms with Crippen molar-refractivity contribution in [2.24, 2.45) is 0 Å². The lowest BCUT2D eigenvalue weighted by atomic mass is 10.0. The minimum atomic E-state index is -0.936. The van der Waals surface area contributed by atoms with E-state index in [2.05, 4.69) is 12.1 Å². The third-order valence-electron chi connectivity index (χ3n) is 2.59. The van der Waals surface area contributed by atoms with Crippen LogP contribution < -0.4 is 0 Å². The molecule has 0 aliphatic carbocycles. The van der Waals surface area contributed by atoms with E-state index in [1.807, 2.05) is 12.1 Å². The monoisotopic (exact) mass is 212 g/mol. The molecule has 0 aliphatic rings. The number of benzene rings is 3. The molecule has 0 bridgehead atoms. The summed E-state index contributed by atoms with van der Waals surface area (Å²) in [5.41, 5.74) is 0. The minimum absolute atomic E-state index is 0.581. The van der Waals surface area contributed by atoms with Gasteiger partial charge in [0.15, 0.2) is 11.6 Å². The molecule has 0 heterocycles. The lowest BCUT2D eigenvalue weighted by Gasteiger charge is -2.02. The second kappa shape index (κ2) is 3.27. The van der Waals surface area contributed by atoms with Gasteiger partial charge in [-0.1, -0.05) is 12.1 Å². The maximum absolute atomic E-state index is 13.0. The van der Waals surface area contributed by atoms with Crippen molar-refractivity contribution in [2.45, 2.75) is 0 Å². The average molecular weight is 212 g/mol. The number of hydrogen-bond donors (Lipinski definition) is 0. The average Bonchev–Trinajstić information content (AvgIpc) is 2.28. The Bertz CT molecular complexity index is 627. The molecule has 2 radical (unpaired) electrons. The van der Waals surface area contributed by atoms with Crippen molar-refractivity contribution in [3.63, 3.8) is 0 Å². The Morgan fingerprint density at radius 2 is 1.81 bits per heavy atom. The highest BCUT2D eigenvalue weighted by Gasteiger charge is 2.05. The van der Waals surface area contributed by atoms with Gasteiger partial charge in [-0.05, 0) is 51.9 Å². The molecule has 0 fully saturated rings. The standard InChI is InChI=1S/C14H6F2/c15-13-7-11-5-9-3-1-2-4-10(9)6-12(11)8-14(13)16/h1,3-6,8H. The largest absolute Gasteiger partial charge is 0.204 e. The fourth-order valence-corrected chi connectivity index (χ4v) is 1.80. The highest BCUT2D eigenvalue weighted by atomic mass is 19.2. The van der Waals surface area contributed by atoms with Gasteiger partial charge in [-0.15, -0.1) is 0 Å². The van der Waals surface area contributed by atoms with Gasteiger partial charge in [0.2, 0.25) is 0 Å². The zero-order chi connectivity index (χ0) is 11.1. The molecule has 0 saturated heterocycles. The molecule has 0 atom stereocenters. The van der Waals surface area contributed by atoms with E-state index in [1.54, 1.807) is 18.2 Å². The molecule has 3 rings (SSSR count). The third-order valence-corrected chi connectivity index (χ3v) is 2.59. The van der Waals surface area contributed by atoms with E-state index in [9.17, 15) is 8.78 Å². The van der Waals surface area contributed by atoms with Crippen LogP contribution >= 0.6 is 0 Å². The fraction of sp³-hybridized carbons (Fsp3) is 0. The molecule has 0 aromatic heterocycles. The first kappa shape index (κ1) is 9.28. The van der Waals surface area contributed by atoms with Gasteiger partial charge in [0.25, 0.3) is 0 Å². The summed E-state index contributed by atoms with van der Waals surface area (Å²) in [6.07, 6.45) is 0. The summed E-state index contributed by atoms with van der Waals surface area (Å²) in [4.78, 5) is 0. The second-order valence-corrected chi connectivity index (χ2v) is 3.64. The van der Waals surface area contributed by atoms with Crippen molar-refractivity contribution in [1.29, 1.82) is 0 Å². The molecule has 3 aromatic carbocycles. The highest BCUT2D eigenvalue weighted by Crippen LogP contribution is 2.24. The molecule has 0 nitrogen and oxygen atoms in total. The van der Waals surface area contributed by atoms with Gasteiger partial charge in [0, 0.05) is 6.07 Å². The Hall–Kier alpha value is -1.96. The van der Waals surface area contributed by atoms with Gasteiger partial charge in [0.05, 0.1) is 0 Å². The Morgan fingerprint density at radius 3 is 2.69 bits per heavy atom. The molecule has 0 unspecified atom stereocenters. The first-order valence-corrected chi connectivity index (χ1v) is 4.85. The van der Waals surface area contributed by atoms with E-state index >= 15 is 0 Å². The van der Waals surface area contributed by atoms with Gasteiger partial charge in [-0.3, -0.25) is 0 Å². The van der Waals surface area contributed by atoms with Crippen LogP contribution in [0.1, 0.15) is 0 Å². The van der Waals surface area contributed by atoms with Gasteiger partial charge in [-0.2, -0.15) is 0 Å². The van der Waals surface area contributed by atoms with Crippen molar-refractivity contribution in [3.8, 4) is 0 Å². The summed E-state index contributed by atoms with van der Waals surface area (Å²) >= 11 is 0. The van der Waals surface area contributed by atoms with E-state index in [-0.39, 0.29) is 0 Å². The van der Waals surface area contributed by atoms with Gasteiger partial charge in [-0.25, -0.2) is 8.78 Å². The highest BCUT2D eigenvalue weighted by molar-refractivity contribution is 5.97. The Balaban J connectivity index is 2.46.